The molecule has 8 heteroatoms. The number of aromatic nitrogens is 1. The van der Waals surface area contributed by atoms with Crippen LogP contribution < -0.4 is 5.32 Å². The van der Waals surface area contributed by atoms with Gasteiger partial charge >= 0.3 is 6.03 Å². The van der Waals surface area contributed by atoms with Crippen molar-refractivity contribution >= 4 is 32.3 Å². The van der Waals surface area contributed by atoms with E-state index in [1.165, 1.54) is 21.8 Å². The molecule has 0 atom stereocenters. The van der Waals surface area contributed by atoms with E-state index in [0.29, 0.717) is 5.13 Å². The first-order valence-electron chi connectivity index (χ1n) is 7.27. The second-order valence-electron chi connectivity index (χ2n) is 5.36. The summed E-state index contributed by atoms with van der Waals surface area (Å²) in [6, 6.07) is 9.76. The van der Waals surface area contributed by atoms with Gasteiger partial charge in [-0.25, -0.2) is 18.2 Å². The van der Waals surface area contributed by atoms with Crippen molar-refractivity contribution in [3.8, 4) is 0 Å². The Kier molecular flexibility index (Phi) is 4.63. The van der Waals surface area contributed by atoms with E-state index < -0.39 is 9.84 Å². The smallest absolute Gasteiger partial charge is 0.322 e. The van der Waals surface area contributed by atoms with Gasteiger partial charge in [-0.15, -0.1) is 11.3 Å². The van der Waals surface area contributed by atoms with Crippen molar-refractivity contribution in [1.82, 2.24) is 9.88 Å². The van der Waals surface area contributed by atoms with Crippen LogP contribution >= 0.6 is 11.3 Å². The summed E-state index contributed by atoms with van der Waals surface area (Å²) in [7, 11) is -2.99. The molecule has 0 radical (unpaired) electrons. The Morgan fingerprint density at radius 3 is 2.61 bits per heavy atom. The number of urea groups is 1. The number of rotatable bonds is 3. The second kappa shape index (κ2) is 6.67. The lowest BCUT2D eigenvalue weighted by Crippen LogP contribution is -2.45. The van der Waals surface area contributed by atoms with Gasteiger partial charge in [0.05, 0.1) is 11.5 Å². The molecule has 0 bridgehead atoms. The van der Waals surface area contributed by atoms with Gasteiger partial charge in [-0.2, -0.15) is 0 Å². The van der Waals surface area contributed by atoms with Gasteiger partial charge in [0.15, 0.2) is 15.0 Å². The van der Waals surface area contributed by atoms with Gasteiger partial charge in [0.25, 0.3) is 0 Å². The zero-order valence-corrected chi connectivity index (χ0v) is 14.1. The molecular formula is C15H17N3O3S2. The van der Waals surface area contributed by atoms with Gasteiger partial charge in [-0.05, 0) is 5.56 Å². The number of nitrogens with one attached hydrogen (secondary N) is 1. The van der Waals surface area contributed by atoms with E-state index in [1.54, 1.807) is 6.20 Å². The summed E-state index contributed by atoms with van der Waals surface area (Å²) in [6.07, 6.45) is 2.53. The number of sulfone groups is 1. The molecule has 122 valence electrons. The largest absolute Gasteiger partial charge is 0.323 e. The number of carbonyl (C=O) groups excluding carboxylic acids is 1. The van der Waals surface area contributed by atoms with Crippen molar-refractivity contribution in [2.75, 3.05) is 29.9 Å². The van der Waals surface area contributed by atoms with Gasteiger partial charge < -0.3 is 4.90 Å². The third-order valence-corrected chi connectivity index (χ3v) is 6.14. The summed E-state index contributed by atoms with van der Waals surface area (Å²) in [4.78, 5) is 18.9. The van der Waals surface area contributed by atoms with E-state index in [-0.39, 0.29) is 30.6 Å². The van der Waals surface area contributed by atoms with Crippen molar-refractivity contribution in [2.45, 2.75) is 6.42 Å². The monoisotopic (exact) mass is 351 g/mol. The summed E-state index contributed by atoms with van der Waals surface area (Å²) in [5, 5.41) is 3.28. The normalized spacial score (nSPS) is 17.0. The lowest BCUT2D eigenvalue weighted by molar-refractivity contribution is 0.216. The van der Waals surface area contributed by atoms with Gasteiger partial charge in [0.1, 0.15) is 0 Å². The minimum absolute atomic E-state index is 0.0253. The predicted molar refractivity (Wildman–Crippen MR) is 90.6 cm³/mol. The topological polar surface area (TPSA) is 79.4 Å². The maximum absolute atomic E-state index is 12.1. The predicted octanol–water partition coefficient (Wildman–Crippen LogP) is 2.00. The molecule has 2 aromatic rings. The first kappa shape index (κ1) is 15.9. The fourth-order valence-corrected chi connectivity index (χ4v) is 4.37. The summed E-state index contributed by atoms with van der Waals surface area (Å²) in [5.74, 6) is 0.0507. The lowest BCUT2D eigenvalue weighted by atomic mass is 10.1. The molecule has 1 aliphatic rings. The minimum Gasteiger partial charge on any atom is -0.322 e. The molecule has 2 amide bonds. The molecule has 0 spiro atoms. The van der Waals surface area contributed by atoms with E-state index in [1.807, 2.05) is 30.3 Å². The highest BCUT2D eigenvalue weighted by molar-refractivity contribution is 7.91. The minimum atomic E-state index is -2.99. The zero-order chi connectivity index (χ0) is 16.3. The van der Waals surface area contributed by atoms with Crippen LogP contribution in [0.25, 0.3) is 0 Å². The molecular weight excluding hydrogens is 334 g/mol. The molecule has 0 saturated carbocycles. The average molecular weight is 351 g/mol. The van der Waals surface area contributed by atoms with Gasteiger partial charge in [0.2, 0.25) is 0 Å². The zero-order valence-electron chi connectivity index (χ0n) is 12.4. The van der Waals surface area contributed by atoms with Crippen molar-refractivity contribution in [3.05, 3.63) is 47.0 Å². The van der Waals surface area contributed by atoms with E-state index in [9.17, 15) is 13.2 Å². The van der Waals surface area contributed by atoms with Crippen LogP contribution in [-0.4, -0.2) is 48.9 Å². The van der Waals surface area contributed by atoms with Crippen LogP contribution in [0.2, 0.25) is 0 Å². The summed E-state index contributed by atoms with van der Waals surface area (Å²) >= 11 is 1.43. The summed E-state index contributed by atoms with van der Waals surface area (Å²) in [6.45, 7) is 0.465. The highest BCUT2D eigenvalue weighted by Gasteiger charge is 2.25. The molecule has 0 aliphatic carbocycles. The quantitative estimate of drug-likeness (QED) is 0.917. The first-order valence-corrected chi connectivity index (χ1v) is 9.91. The summed E-state index contributed by atoms with van der Waals surface area (Å²) in [5.41, 5.74) is 1.19. The maximum Gasteiger partial charge on any atom is 0.323 e. The fraction of sp³-hybridized carbons (Fsp3) is 0.333. The van der Waals surface area contributed by atoms with Crippen molar-refractivity contribution in [2.24, 2.45) is 0 Å². The number of thiazole rings is 1. The van der Waals surface area contributed by atoms with Crippen LogP contribution in [0.1, 0.15) is 10.4 Å². The maximum atomic E-state index is 12.1. The molecule has 6 nitrogen and oxygen atoms in total. The highest BCUT2D eigenvalue weighted by Crippen LogP contribution is 2.21. The SMILES string of the molecule is O=C(Nc1ncc(Cc2ccccc2)s1)N1CCS(=O)(=O)CC1. The number of hydrogen-bond donors (Lipinski definition) is 1. The molecule has 2 heterocycles. The van der Waals surface area contributed by atoms with Crippen molar-refractivity contribution < 1.29 is 13.2 Å². The standard InChI is InChI=1S/C15H17N3O3S2/c19-15(18-6-8-23(20,21)9-7-18)17-14-16-11-13(22-14)10-12-4-2-1-3-5-12/h1-5,11H,6-10H2,(H,16,17,19). The Balaban J connectivity index is 1.57. The van der Waals surface area contributed by atoms with Crippen molar-refractivity contribution in [1.29, 1.82) is 0 Å². The lowest BCUT2D eigenvalue weighted by Gasteiger charge is -2.26. The number of anilines is 1. The van der Waals surface area contributed by atoms with Crippen LogP contribution in [0.5, 0.6) is 0 Å². The molecule has 1 aromatic heterocycles. The van der Waals surface area contributed by atoms with Crippen LogP contribution in [0.15, 0.2) is 36.5 Å². The number of carbonyl (C=O) groups is 1. The fourth-order valence-electron chi connectivity index (χ4n) is 2.33. The van der Waals surface area contributed by atoms with Crippen LogP contribution in [-0.2, 0) is 16.3 Å². The Morgan fingerprint density at radius 1 is 1.22 bits per heavy atom. The van der Waals surface area contributed by atoms with E-state index in [0.717, 1.165) is 11.3 Å². The molecule has 3 rings (SSSR count). The number of nitrogens with zero attached hydrogens (tertiary/aromatic N) is 2. The number of hydrogen-bond acceptors (Lipinski definition) is 5. The molecule has 23 heavy (non-hydrogen) atoms. The van der Waals surface area contributed by atoms with Crippen LogP contribution in [0, 0.1) is 0 Å². The molecule has 0 unspecified atom stereocenters. The third-order valence-electron chi connectivity index (χ3n) is 3.62. The molecule has 1 aliphatic heterocycles. The molecule has 1 fully saturated rings. The van der Waals surface area contributed by atoms with Crippen LogP contribution in [0.3, 0.4) is 0 Å². The van der Waals surface area contributed by atoms with E-state index >= 15 is 0 Å². The van der Waals surface area contributed by atoms with Gasteiger partial charge in [-0.1, -0.05) is 30.3 Å². The number of benzene rings is 1. The molecule has 1 aromatic carbocycles. The highest BCUT2D eigenvalue weighted by atomic mass is 32.2. The summed E-state index contributed by atoms with van der Waals surface area (Å²) < 4.78 is 22.8. The second-order valence-corrected chi connectivity index (χ2v) is 8.78. The first-order chi connectivity index (χ1) is 11.0. The molecule has 1 N–H and O–H groups in total. The van der Waals surface area contributed by atoms with Crippen LogP contribution in [0.4, 0.5) is 9.93 Å². The average Bonchev–Trinajstić information content (AvgIpc) is 2.95. The number of amides is 2. The Labute approximate surface area is 139 Å². The van der Waals surface area contributed by atoms with E-state index in [4.69, 9.17) is 0 Å². The Hall–Kier alpha value is -1.93. The van der Waals surface area contributed by atoms with Crippen molar-refractivity contribution in [3.63, 3.8) is 0 Å². The Bertz CT molecular complexity index is 773. The molecule has 1 saturated heterocycles. The van der Waals surface area contributed by atoms with Gasteiger partial charge in [0, 0.05) is 30.6 Å². The third kappa shape index (κ3) is 4.29. The Morgan fingerprint density at radius 2 is 1.91 bits per heavy atom. The van der Waals surface area contributed by atoms with E-state index in [2.05, 4.69) is 10.3 Å². The van der Waals surface area contributed by atoms with Gasteiger partial charge in [-0.3, -0.25) is 5.32 Å².